The van der Waals surface area contributed by atoms with Crippen molar-refractivity contribution < 1.29 is 47.0 Å². The first kappa shape index (κ1) is 22.6. The van der Waals surface area contributed by atoms with Crippen LogP contribution < -0.4 is 0 Å². The molecular weight excluding hydrogens is 175 g/mol. The summed E-state index contributed by atoms with van der Waals surface area (Å²) in [6, 6.07) is 0. The molecule has 0 aromatic heterocycles. The van der Waals surface area contributed by atoms with E-state index in [0.717, 1.165) is 0 Å². The molecule has 0 radical (unpaired) electrons. The first-order chi connectivity index (χ1) is 2.64. The Balaban J connectivity index is -0.0000000417. The van der Waals surface area contributed by atoms with E-state index in [1.54, 1.807) is 0 Å². The van der Waals surface area contributed by atoms with Gasteiger partial charge in [0.05, 0.1) is 0 Å². The molecule has 0 aromatic rings. The number of hydrogen-bond donors (Lipinski definition) is 2. The maximum atomic E-state index is 9.10. The minimum absolute atomic E-state index is 0. The summed E-state index contributed by atoms with van der Waals surface area (Å²) in [5.41, 5.74) is 0. The molecule has 0 heterocycles. The molecule has 48 valence electrons. The Morgan fingerprint density at radius 1 is 1.00 bits per heavy atom. The van der Waals surface area contributed by atoms with E-state index in [0.29, 0.717) is 0 Å². The quantitative estimate of drug-likeness (QED) is 0.322. The predicted molar refractivity (Wildman–Crippen MR) is 26.0 cm³/mol. The molecule has 0 fully saturated rings. The van der Waals surface area contributed by atoms with Gasteiger partial charge < -0.3 is 15.7 Å². The Morgan fingerprint density at radius 3 is 1.11 bits per heavy atom. The molecule has 5 nitrogen and oxygen atoms in total. The molecule has 9 heavy (non-hydrogen) atoms. The van der Waals surface area contributed by atoms with Crippen LogP contribution in [0.4, 0.5) is 0 Å². The SMILES string of the molecule is O.O=C(O)C(=O)O.[NaH].[Ti]. The third-order valence-electron chi connectivity index (χ3n) is 0.183. The van der Waals surface area contributed by atoms with Crippen LogP contribution in [0, 0.1) is 0 Å². The second-order valence-electron chi connectivity index (χ2n) is 0.610. The fourth-order valence-corrected chi connectivity index (χ4v) is 0. The van der Waals surface area contributed by atoms with Crippen molar-refractivity contribution in [3.8, 4) is 0 Å². The molecule has 0 atom stereocenters. The van der Waals surface area contributed by atoms with Gasteiger partial charge in [0.2, 0.25) is 0 Å². The number of hydrogen-bond acceptors (Lipinski definition) is 2. The second kappa shape index (κ2) is 11.4. The third-order valence-corrected chi connectivity index (χ3v) is 0.183. The molecule has 0 aliphatic heterocycles. The summed E-state index contributed by atoms with van der Waals surface area (Å²) in [5.74, 6) is -3.65. The van der Waals surface area contributed by atoms with Gasteiger partial charge in [-0.05, 0) is 0 Å². The zero-order valence-electron chi connectivity index (χ0n) is 3.71. The molecule has 0 unspecified atom stereocenters. The number of aliphatic carboxylic acids is 2. The van der Waals surface area contributed by atoms with E-state index in [1.807, 2.05) is 0 Å². The molecule has 7 heteroatoms. The van der Waals surface area contributed by atoms with Crippen LogP contribution in [0.3, 0.4) is 0 Å². The Kier molecular flexibility index (Phi) is 28.7. The summed E-state index contributed by atoms with van der Waals surface area (Å²) in [6.07, 6.45) is 0. The molecule has 0 saturated heterocycles. The van der Waals surface area contributed by atoms with Gasteiger partial charge in [-0.3, -0.25) is 0 Å². The first-order valence-electron chi connectivity index (χ1n) is 1.11. The van der Waals surface area contributed by atoms with E-state index in [4.69, 9.17) is 19.8 Å². The molecule has 0 bridgehead atoms. The monoisotopic (exact) mass is 180 g/mol. The Hall–Kier alpha value is 0.614. The molecular formula is C2H5NaO5Ti. The van der Waals surface area contributed by atoms with E-state index in [-0.39, 0.29) is 56.8 Å². The van der Waals surface area contributed by atoms with Crippen LogP contribution in [-0.4, -0.2) is 57.2 Å². The van der Waals surface area contributed by atoms with Crippen LogP contribution in [0.2, 0.25) is 0 Å². The number of carboxylic acid groups (broad SMARTS) is 2. The normalized spacial score (nSPS) is 4.89. The Morgan fingerprint density at radius 2 is 1.11 bits per heavy atom. The van der Waals surface area contributed by atoms with Gasteiger partial charge in [-0.25, -0.2) is 9.59 Å². The largest absolute Gasteiger partial charge is 0 e. The van der Waals surface area contributed by atoms with Gasteiger partial charge in [-0.15, -0.1) is 0 Å². The summed E-state index contributed by atoms with van der Waals surface area (Å²) < 4.78 is 0. The molecule has 0 aliphatic rings. The third kappa shape index (κ3) is 17.7. The average Bonchev–Trinajstić information content (AvgIpc) is 1.36. The van der Waals surface area contributed by atoms with Crippen LogP contribution in [-0.2, 0) is 31.3 Å². The average molecular weight is 180 g/mol. The number of carbonyl (C=O) groups is 2. The first-order valence-corrected chi connectivity index (χ1v) is 1.11. The van der Waals surface area contributed by atoms with Crippen molar-refractivity contribution in [1.82, 2.24) is 0 Å². The molecule has 0 spiro atoms. The van der Waals surface area contributed by atoms with Gasteiger partial charge in [0, 0.05) is 21.7 Å². The number of rotatable bonds is 0. The van der Waals surface area contributed by atoms with Crippen molar-refractivity contribution >= 4 is 41.5 Å². The van der Waals surface area contributed by atoms with Gasteiger partial charge in [0.1, 0.15) is 0 Å². The summed E-state index contributed by atoms with van der Waals surface area (Å²) in [4.78, 5) is 18.2. The van der Waals surface area contributed by atoms with Gasteiger partial charge in [-0.1, -0.05) is 0 Å². The summed E-state index contributed by atoms with van der Waals surface area (Å²) >= 11 is 0. The van der Waals surface area contributed by atoms with E-state index < -0.39 is 11.9 Å². The van der Waals surface area contributed by atoms with Crippen LogP contribution >= 0.6 is 0 Å². The summed E-state index contributed by atoms with van der Waals surface area (Å²) in [6.45, 7) is 0. The molecule has 0 aromatic carbocycles. The van der Waals surface area contributed by atoms with E-state index >= 15 is 0 Å². The van der Waals surface area contributed by atoms with Crippen molar-refractivity contribution in [2.75, 3.05) is 0 Å². The van der Waals surface area contributed by atoms with Gasteiger partial charge >= 0.3 is 41.5 Å². The smallest absolute Gasteiger partial charge is 0 e. The molecule has 0 rings (SSSR count). The fourth-order valence-electron chi connectivity index (χ4n) is 0. The fraction of sp³-hybridized carbons (Fsp3) is 0. The molecule has 0 amide bonds. The van der Waals surface area contributed by atoms with E-state index in [1.165, 1.54) is 0 Å². The van der Waals surface area contributed by atoms with Crippen molar-refractivity contribution in [3.05, 3.63) is 0 Å². The van der Waals surface area contributed by atoms with E-state index in [9.17, 15) is 0 Å². The maximum absolute atomic E-state index is 9.10. The molecule has 0 saturated carbocycles. The Bertz CT molecular complexity index is 81.0. The zero-order valence-corrected chi connectivity index (χ0v) is 5.27. The topological polar surface area (TPSA) is 106 Å². The maximum Gasteiger partial charge on any atom is 0 e. The zero-order chi connectivity index (χ0) is 5.15. The van der Waals surface area contributed by atoms with Crippen LogP contribution in [0.15, 0.2) is 0 Å². The minimum atomic E-state index is -1.82. The van der Waals surface area contributed by atoms with E-state index in [2.05, 4.69) is 0 Å². The van der Waals surface area contributed by atoms with Crippen molar-refractivity contribution in [2.24, 2.45) is 0 Å². The van der Waals surface area contributed by atoms with Crippen LogP contribution in [0.1, 0.15) is 0 Å². The predicted octanol–water partition coefficient (Wildman–Crippen LogP) is -2.32. The van der Waals surface area contributed by atoms with Crippen LogP contribution in [0.5, 0.6) is 0 Å². The molecule has 0 aliphatic carbocycles. The van der Waals surface area contributed by atoms with Crippen molar-refractivity contribution in [3.63, 3.8) is 0 Å². The minimum Gasteiger partial charge on any atom is 0 e. The standard InChI is InChI=1S/C2H2O4.Na.H2O.Ti.H/c3-1(4)2(5)6;;;;/h(H,3,4)(H,5,6);;1H2;;. The van der Waals surface area contributed by atoms with Gasteiger partial charge in [0.15, 0.2) is 0 Å². The van der Waals surface area contributed by atoms with Crippen molar-refractivity contribution in [2.45, 2.75) is 0 Å². The summed E-state index contributed by atoms with van der Waals surface area (Å²) in [5, 5.41) is 14.8. The molecule has 4 N–H and O–H groups in total. The van der Waals surface area contributed by atoms with Gasteiger partial charge in [0.25, 0.3) is 0 Å². The Labute approximate surface area is 87.9 Å². The second-order valence-corrected chi connectivity index (χ2v) is 0.610. The summed E-state index contributed by atoms with van der Waals surface area (Å²) in [7, 11) is 0. The van der Waals surface area contributed by atoms with Crippen LogP contribution in [0.25, 0.3) is 0 Å². The van der Waals surface area contributed by atoms with Crippen molar-refractivity contribution in [1.29, 1.82) is 0 Å². The van der Waals surface area contributed by atoms with Gasteiger partial charge in [-0.2, -0.15) is 0 Å². The number of carboxylic acids is 2.